The molecular weight excluding hydrogens is 347 g/mol. The predicted octanol–water partition coefficient (Wildman–Crippen LogP) is 5.73. The largest absolute Gasteiger partial charge is 0.376 e. The zero-order valence-corrected chi connectivity index (χ0v) is 14.1. The number of benzene rings is 2. The van der Waals surface area contributed by atoms with Crippen molar-refractivity contribution in [1.29, 1.82) is 0 Å². The molecule has 0 fully saturated rings. The minimum Gasteiger partial charge on any atom is -0.376 e. The third-order valence-corrected chi connectivity index (χ3v) is 5.54. The Morgan fingerprint density at radius 3 is 2.67 bits per heavy atom. The maximum absolute atomic E-state index is 11.5. The highest BCUT2D eigenvalue weighted by Crippen LogP contribution is 2.54. The highest BCUT2D eigenvalue weighted by Gasteiger charge is 2.42. The lowest BCUT2D eigenvalue weighted by Gasteiger charge is -2.37. The van der Waals surface area contributed by atoms with Gasteiger partial charge in [0.2, 0.25) is 0 Å². The van der Waals surface area contributed by atoms with E-state index in [9.17, 15) is 10.1 Å². The van der Waals surface area contributed by atoms with E-state index in [1.165, 1.54) is 6.07 Å². The standard InChI is InChI=1S/C18H14Cl2N2O2/c19-13-7-2-1-4-12(13)17-11-6-3-5-10(11)16-15(22(23)24)9-8-14(20)18(16)21-17/h1-5,7-11,17,21H,6H2/t10-,11-,17+/m1/s1. The summed E-state index contributed by atoms with van der Waals surface area (Å²) in [5.74, 6) is 0.135. The minimum atomic E-state index is -0.337. The second-order valence-electron chi connectivity index (χ2n) is 6.11. The van der Waals surface area contributed by atoms with Crippen molar-refractivity contribution < 1.29 is 4.92 Å². The lowest BCUT2D eigenvalue weighted by atomic mass is 9.76. The number of fused-ring (bicyclic) bond motifs is 3. The van der Waals surface area contributed by atoms with Gasteiger partial charge in [0.1, 0.15) is 0 Å². The maximum atomic E-state index is 11.5. The van der Waals surface area contributed by atoms with Gasteiger partial charge in [-0.3, -0.25) is 10.1 Å². The molecule has 0 amide bonds. The number of anilines is 1. The third-order valence-electron chi connectivity index (χ3n) is 4.88. The quantitative estimate of drug-likeness (QED) is 0.422. The van der Waals surface area contributed by atoms with Crippen LogP contribution < -0.4 is 5.32 Å². The topological polar surface area (TPSA) is 55.2 Å². The van der Waals surface area contributed by atoms with E-state index in [-0.39, 0.29) is 28.5 Å². The van der Waals surface area contributed by atoms with Crippen LogP contribution in [0.15, 0.2) is 48.6 Å². The SMILES string of the molecule is O=[N+]([O-])c1ccc(Cl)c2c1[C@@H]1C=CC[C@H]1[C@@H](c1ccccc1Cl)N2. The zero-order valence-electron chi connectivity index (χ0n) is 12.6. The van der Waals surface area contributed by atoms with E-state index in [1.807, 2.05) is 24.3 Å². The molecule has 1 aliphatic heterocycles. The van der Waals surface area contributed by atoms with E-state index in [0.717, 1.165) is 12.0 Å². The molecule has 2 aromatic carbocycles. The first kappa shape index (κ1) is 15.5. The monoisotopic (exact) mass is 360 g/mol. The molecule has 0 aromatic heterocycles. The summed E-state index contributed by atoms with van der Waals surface area (Å²) in [7, 11) is 0. The maximum Gasteiger partial charge on any atom is 0.275 e. The summed E-state index contributed by atoms with van der Waals surface area (Å²) in [6.07, 6.45) is 4.98. The Balaban J connectivity index is 1.90. The van der Waals surface area contributed by atoms with Crippen LogP contribution in [0.25, 0.3) is 0 Å². The number of nitro groups is 1. The Hall–Kier alpha value is -2.04. The number of halogens is 2. The van der Waals surface area contributed by atoms with E-state index in [2.05, 4.69) is 17.5 Å². The highest BCUT2D eigenvalue weighted by molar-refractivity contribution is 6.33. The molecule has 4 nitrogen and oxygen atoms in total. The van der Waals surface area contributed by atoms with E-state index in [4.69, 9.17) is 23.2 Å². The van der Waals surface area contributed by atoms with Crippen LogP contribution >= 0.6 is 23.2 Å². The fourth-order valence-electron chi connectivity index (χ4n) is 3.85. The van der Waals surface area contributed by atoms with Crippen molar-refractivity contribution in [1.82, 2.24) is 0 Å². The van der Waals surface area contributed by atoms with Crippen molar-refractivity contribution in [2.24, 2.45) is 5.92 Å². The average molecular weight is 361 g/mol. The van der Waals surface area contributed by atoms with E-state index >= 15 is 0 Å². The molecule has 0 bridgehead atoms. The summed E-state index contributed by atoms with van der Waals surface area (Å²) in [6.45, 7) is 0. The molecule has 1 heterocycles. The first-order valence-electron chi connectivity index (χ1n) is 7.72. The first-order chi connectivity index (χ1) is 11.6. The Bertz CT molecular complexity index is 866. The Morgan fingerprint density at radius 1 is 1.12 bits per heavy atom. The number of nitrogens with zero attached hydrogens (tertiary/aromatic N) is 1. The van der Waals surface area contributed by atoms with Gasteiger partial charge >= 0.3 is 0 Å². The molecule has 1 N–H and O–H groups in total. The lowest BCUT2D eigenvalue weighted by Crippen LogP contribution is -2.30. The van der Waals surface area contributed by atoms with Gasteiger partial charge in [0.05, 0.1) is 27.2 Å². The molecule has 3 atom stereocenters. The van der Waals surface area contributed by atoms with Crippen LogP contribution in [0.1, 0.15) is 29.5 Å². The van der Waals surface area contributed by atoms with Crippen LogP contribution in [-0.2, 0) is 0 Å². The van der Waals surface area contributed by atoms with Gasteiger partial charge in [-0.1, -0.05) is 53.6 Å². The molecule has 0 saturated carbocycles. The molecule has 2 aliphatic rings. The van der Waals surface area contributed by atoms with Gasteiger partial charge in [-0.25, -0.2) is 0 Å². The van der Waals surface area contributed by atoms with Gasteiger partial charge in [-0.2, -0.15) is 0 Å². The third kappa shape index (κ3) is 2.29. The minimum absolute atomic E-state index is 0.0364. The number of hydrogen-bond donors (Lipinski definition) is 1. The summed E-state index contributed by atoms with van der Waals surface area (Å²) in [5, 5.41) is 16.1. The summed E-state index contributed by atoms with van der Waals surface area (Å²) < 4.78 is 0. The predicted molar refractivity (Wildman–Crippen MR) is 95.9 cm³/mol. The second-order valence-corrected chi connectivity index (χ2v) is 6.92. The molecule has 6 heteroatoms. The molecule has 0 radical (unpaired) electrons. The molecule has 2 aromatic rings. The number of hydrogen-bond acceptors (Lipinski definition) is 3. The number of nitro benzene ring substituents is 1. The van der Waals surface area contributed by atoms with Crippen molar-refractivity contribution >= 4 is 34.6 Å². The van der Waals surface area contributed by atoms with Crippen molar-refractivity contribution in [3.05, 3.63) is 79.8 Å². The molecule has 122 valence electrons. The fourth-order valence-corrected chi connectivity index (χ4v) is 4.32. The summed E-state index contributed by atoms with van der Waals surface area (Å²) in [6, 6.07) is 10.7. The summed E-state index contributed by atoms with van der Waals surface area (Å²) in [5.41, 5.74) is 2.42. The van der Waals surface area contributed by atoms with E-state index in [0.29, 0.717) is 21.3 Å². The highest BCUT2D eigenvalue weighted by atomic mass is 35.5. The van der Waals surface area contributed by atoms with Crippen LogP contribution in [0, 0.1) is 16.0 Å². The first-order valence-corrected chi connectivity index (χ1v) is 8.48. The normalized spacial score (nSPS) is 24.2. The van der Waals surface area contributed by atoms with Gasteiger partial charge in [0.15, 0.2) is 0 Å². The number of nitrogens with one attached hydrogen (secondary N) is 1. The van der Waals surface area contributed by atoms with Gasteiger partial charge < -0.3 is 5.32 Å². The van der Waals surface area contributed by atoms with Gasteiger partial charge in [0.25, 0.3) is 5.69 Å². The van der Waals surface area contributed by atoms with E-state index in [1.54, 1.807) is 6.07 Å². The van der Waals surface area contributed by atoms with Crippen LogP contribution in [0.2, 0.25) is 10.0 Å². The van der Waals surface area contributed by atoms with Crippen molar-refractivity contribution in [3.8, 4) is 0 Å². The van der Waals surface area contributed by atoms with Crippen molar-refractivity contribution in [3.63, 3.8) is 0 Å². The zero-order chi connectivity index (χ0) is 16.8. The second kappa shape index (κ2) is 5.80. The molecule has 4 rings (SSSR count). The number of rotatable bonds is 2. The summed E-state index contributed by atoms with van der Waals surface area (Å²) >= 11 is 12.8. The average Bonchev–Trinajstić information content (AvgIpc) is 3.05. The Kier molecular flexibility index (Phi) is 3.74. The Labute approximate surface area is 149 Å². The van der Waals surface area contributed by atoms with Crippen molar-refractivity contribution in [2.45, 2.75) is 18.4 Å². The van der Waals surface area contributed by atoms with Crippen LogP contribution in [0.4, 0.5) is 11.4 Å². The fraction of sp³-hybridized carbons (Fsp3) is 0.222. The smallest absolute Gasteiger partial charge is 0.275 e. The van der Waals surface area contributed by atoms with Crippen LogP contribution in [0.5, 0.6) is 0 Å². The lowest BCUT2D eigenvalue weighted by molar-refractivity contribution is -0.385. The molecule has 0 saturated heterocycles. The van der Waals surface area contributed by atoms with Gasteiger partial charge in [0, 0.05) is 17.0 Å². The van der Waals surface area contributed by atoms with Gasteiger partial charge in [-0.15, -0.1) is 0 Å². The molecule has 0 spiro atoms. The van der Waals surface area contributed by atoms with Crippen molar-refractivity contribution in [2.75, 3.05) is 5.32 Å². The van der Waals surface area contributed by atoms with Crippen LogP contribution in [-0.4, -0.2) is 4.92 Å². The molecular formula is C18H14Cl2N2O2. The van der Waals surface area contributed by atoms with Crippen LogP contribution in [0.3, 0.4) is 0 Å². The molecule has 0 unspecified atom stereocenters. The molecule has 24 heavy (non-hydrogen) atoms. The number of allylic oxidation sites excluding steroid dienone is 2. The summed E-state index contributed by atoms with van der Waals surface area (Å²) in [4.78, 5) is 11.1. The van der Waals surface area contributed by atoms with Gasteiger partial charge in [-0.05, 0) is 30.0 Å². The van der Waals surface area contributed by atoms with E-state index < -0.39 is 0 Å². The Morgan fingerprint density at radius 2 is 1.92 bits per heavy atom. The molecule has 1 aliphatic carbocycles.